The molecule has 19 heavy (non-hydrogen) atoms. The summed E-state index contributed by atoms with van der Waals surface area (Å²) in [7, 11) is 0. The fourth-order valence-corrected chi connectivity index (χ4v) is 1.42. The highest BCUT2D eigenvalue weighted by atomic mass is 16.6. The minimum atomic E-state index is -1.23. The lowest BCUT2D eigenvalue weighted by Gasteiger charge is -2.16. The molecule has 0 aliphatic heterocycles. The average molecular weight is 268 g/mol. The lowest BCUT2D eigenvalue weighted by Crippen LogP contribution is -2.25. The first-order valence-electron chi connectivity index (χ1n) is 5.76. The van der Waals surface area contributed by atoms with Gasteiger partial charge in [-0.25, -0.2) is 4.79 Å². The summed E-state index contributed by atoms with van der Waals surface area (Å²) in [5, 5.41) is 32.1. The van der Waals surface area contributed by atoms with Gasteiger partial charge in [0.1, 0.15) is 5.69 Å². The maximum atomic E-state index is 10.9. The number of carboxylic acid groups (broad SMARTS) is 1. The normalized spacial score (nSPS) is 12.2. The molecule has 1 aromatic rings. The van der Waals surface area contributed by atoms with Gasteiger partial charge in [-0.1, -0.05) is 13.8 Å². The summed E-state index contributed by atoms with van der Waals surface area (Å²) < 4.78 is 0. The van der Waals surface area contributed by atoms with Crippen LogP contribution < -0.4 is 5.32 Å². The fourth-order valence-electron chi connectivity index (χ4n) is 1.42. The van der Waals surface area contributed by atoms with Crippen LogP contribution in [-0.2, 0) is 0 Å². The van der Waals surface area contributed by atoms with Crippen molar-refractivity contribution in [3.63, 3.8) is 0 Å². The number of rotatable bonds is 6. The Hall–Kier alpha value is -2.15. The zero-order valence-electron chi connectivity index (χ0n) is 10.7. The van der Waals surface area contributed by atoms with Crippen LogP contribution in [0.2, 0.25) is 0 Å². The van der Waals surface area contributed by atoms with E-state index in [9.17, 15) is 20.0 Å². The number of carbonyl (C=O) groups is 1. The first-order chi connectivity index (χ1) is 8.82. The third-order valence-corrected chi connectivity index (χ3v) is 2.71. The molecule has 104 valence electrons. The van der Waals surface area contributed by atoms with E-state index in [1.54, 1.807) is 0 Å². The first kappa shape index (κ1) is 14.9. The van der Waals surface area contributed by atoms with Gasteiger partial charge in [-0.3, -0.25) is 10.1 Å². The number of aromatic carboxylic acids is 1. The molecule has 0 saturated heterocycles. The Morgan fingerprint density at radius 2 is 2.11 bits per heavy atom. The number of carboxylic acids is 1. The zero-order chi connectivity index (χ0) is 14.6. The van der Waals surface area contributed by atoms with Crippen molar-refractivity contribution in [3.05, 3.63) is 33.9 Å². The Balaban J connectivity index is 2.94. The quantitative estimate of drug-likeness (QED) is 0.535. The van der Waals surface area contributed by atoms with Crippen LogP contribution in [0.1, 0.15) is 24.2 Å². The summed E-state index contributed by atoms with van der Waals surface area (Å²) in [6.45, 7) is 3.81. The minimum absolute atomic E-state index is 0.0184. The summed E-state index contributed by atoms with van der Waals surface area (Å²) in [6.07, 6.45) is -0.640. The van der Waals surface area contributed by atoms with Crippen molar-refractivity contribution in [2.24, 2.45) is 5.92 Å². The third-order valence-electron chi connectivity index (χ3n) is 2.71. The number of nitro benzene ring substituents is 1. The molecule has 0 fully saturated rings. The highest BCUT2D eigenvalue weighted by Gasteiger charge is 2.18. The van der Waals surface area contributed by atoms with Crippen molar-refractivity contribution in [1.82, 2.24) is 0 Å². The fraction of sp³-hybridized carbons (Fsp3) is 0.417. The second-order valence-corrected chi connectivity index (χ2v) is 4.49. The summed E-state index contributed by atoms with van der Waals surface area (Å²) in [4.78, 5) is 21.0. The van der Waals surface area contributed by atoms with Crippen molar-refractivity contribution in [2.75, 3.05) is 11.9 Å². The van der Waals surface area contributed by atoms with Gasteiger partial charge in [-0.15, -0.1) is 0 Å². The summed E-state index contributed by atoms with van der Waals surface area (Å²) >= 11 is 0. The van der Waals surface area contributed by atoms with Crippen molar-refractivity contribution < 1.29 is 19.9 Å². The van der Waals surface area contributed by atoms with Crippen LogP contribution in [0.25, 0.3) is 0 Å². The molecular formula is C12H16N2O5. The van der Waals surface area contributed by atoms with Crippen LogP contribution >= 0.6 is 0 Å². The van der Waals surface area contributed by atoms with Gasteiger partial charge in [0.05, 0.1) is 16.6 Å². The van der Waals surface area contributed by atoms with Gasteiger partial charge in [-0.05, 0) is 18.1 Å². The van der Waals surface area contributed by atoms with Crippen LogP contribution in [0, 0.1) is 16.0 Å². The number of aliphatic hydroxyl groups is 1. The third kappa shape index (κ3) is 3.92. The molecule has 3 N–H and O–H groups in total. The van der Waals surface area contributed by atoms with Crippen LogP contribution in [0.5, 0.6) is 0 Å². The molecule has 0 bridgehead atoms. The van der Waals surface area contributed by atoms with Gasteiger partial charge >= 0.3 is 5.97 Å². The van der Waals surface area contributed by atoms with Gasteiger partial charge in [-0.2, -0.15) is 0 Å². The standard InChI is InChI=1S/C12H16N2O5/c1-7(2)11(15)6-13-9-4-3-8(12(16)17)5-10(9)14(18)19/h3-5,7,11,13,15H,6H2,1-2H3,(H,16,17). The van der Waals surface area contributed by atoms with E-state index >= 15 is 0 Å². The van der Waals surface area contributed by atoms with Crippen molar-refractivity contribution in [2.45, 2.75) is 20.0 Å². The molecule has 0 amide bonds. The molecule has 1 aromatic carbocycles. The number of hydrogen-bond acceptors (Lipinski definition) is 5. The monoisotopic (exact) mass is 268 g/mol. The van der Waals surface area contributed by atoms with Gasteiger partial charge in [0.2, 0.25) is 0 Å². The number of nitrogens with zero attached hydrogens (tertiary/aromatic N) is 1. The summed E-state index contributed by atoms with van der Waals surface area (Å²) in [5.41, 5.74) is -0.285. The number of nitrogens with one attached hydrogen (secondary N) is 1. The van der Waals surface area contributed by atoms with Crippen molar-refractivity contribution in [3.8, 4) is 0 Å². The molecule has 0 spiro atoms. The van der Waals surface area contributed by atoms with Gasteiger partial charge in [0.15, 0.2) is 0 Å². The van der Waals surface area contributed by atoms with Crippen molar-refractivity contribution >= 4 is 17.3 Å². The predicted octanol–water partition coefficient (Wildman–Crippen LogP) is 1.72. The molecule has 0 saturated carbocycles. The molecular weight excluding hydrogens is 252 g/mol. The van der Waals surface area contributed by atoms with Crippen LogP contribution in [0.3, 0.4) is 0 Å². The SMILES string of the molecule is CC(C)C(O)CNc1ccc(C(=O)O)cc1[N+](=O)[O-]. The second kappa shape index (κ2) is 6.14. The Morgan fingerprint density at radius 1 is 1.47 bits per heavy atom. The highest BCUT2D eigenvalue weighted by molar-refractivity contribution is 5.89. The number of nitro groups is 1. The van der Waals surface area contributed by atoms with Crippen LogP contribution in [0.15, 0.2) is 18.2 Å². The second-order valence-electron chi connectivity index (χ2n) is 4.49. The summed E-state index contributed by atoms with van der Waals surface area (Å²) in [5.74, 6) is -1.21. The molecule has 0 heterocycles. The predicted molar refractivity (Wildman–Crippen MR) is 69.4 cm³/mol. The molecule has 1 unspecified atom stereocenters. The smallest absolute Gasteiger partial charge is 0.335 e. The summed E-state index contributed by atoms with van der Waals surface area (Å²) in [6, 6.07) is 3.60. The topological polar surface area (TPSA) is 113 Å². The van der Waals surface area contributed by atoms with Crippen LogP contribution in [0.4, 0.5) is 11.4 Å². The maximum absolute atomic E-state index is 10.9. The highest BCUT2D eigenvalue weighted by Crippen LogP contribution is 2.25. The Labute approximate surface area is 110 Å². The first-order valence-corrected chi connectivity index (χ1v) is 5.76. The Kier molecular flexibility index (Phi) is 4.82. The van der Waals surface area contributed by atoms with E-state index in [1.807, 2.05) is 13.8 Å². The lowest BCUT2D eigenvalue weighted by atomic mass is 10.1. The Morgan fingerprint density at radius 3 is 2.58 bits per heavy atom. The zero-order valence-corrected chi connectivity index (χ0v) is 10.7. The largest absolute Gasteiger partial charge is 0.478 e. The Bertz CT molecular complexity index is 487. The average Bonchev–Trinajstić information content (AvgIpc) is 2.35. The van der Waals surface area contributed by atoms with E-state index in [0.29, 0.717) is 0 Å². The van der Waals surface area contributed by atoms with Crippen molar-refractivity contribution in [1.29, 1.82) is 0 Å². The number of hydrogen-bond donors (Lipinski definition) is 3. The maximum Gasteiger partial charge on any atom is 0.335 e. The van der Waals surface area contributed by atoms with E-state index in [4.69, 9.17) is 5.11 Å². The van der Waals surface area contributed by atoms with E-state index in [1.165, 1.54) is 12.1 Å². The molecule has 7 heteroatoms. The van der Waals surface area contributed by atoms with E-state index in [2.05, 4.69) is 5.32 Å². The molecule has 7 nitrogen and oxygen atoms in total. The minimum Gasteiger partial charge on any atom is -0.478 e. The molecule has 1 atom stereocenters. The molecule has 0 radical (unpaired) electrons. The number of aliphatic hydroxyl groups excluding tert-OH is 1. The van der Waals surface area contributed by atoms with E-state index in [-0.39, 0.29) is 29.4 Å². The molecule has 0 aliphatic rings. The van der Waals surface area contributed by atoms with Gasteiger partial charge in [0, 0.05) is 12.6 Å². The van der Waals surface area contributed by atoms with Gasteiger partial charge in [0.25, 0.3) is 5.69 Å². The molecule has 0 aromatic heterocycles. The molecule has 1 rings (SSSR count). The van der Waals surface area contributed by atoms with Crippen LogP contribution in [-0.4, -0.2) is 33.8 Å². The van der Waals surface area contributed by atoms with E-state index < -0.39 is 17.0 Å². The van der Waals surface area contributed by atoms with Gasteiger partial charge < -0.3 is 15.5 Å². The lowest BCUT2D eigenvalue weighted by molar-refractivity contribution is -0.384. The molecule has 0 aliphatic carbocycles. The number of anilines is 1. The number of benzene rings is 1. The van der Waals surface area contributed by atoms with E-state index in [0.717, 1.165) is 6.07 Å².